The number of aryl methyl sites for hydroxylation is 1. The van der Waals surface area contributed by atoms with Gasteiger partial charge in [0.1, 0.15) is 0 Å². The van der Waals surface area contributed by atoms with Gasteiger partial charge in [0.15, 0.2) is 11.6 Å². The van der Waals surface area contributed by atoms with Gasteiger partial charge in [-0.2, -0.15) is 0 Å². The van der Waals surface area contributed by atoms with Crippen LogP contribution in [-0.2, 0) is 0 Å². The van der Waals surface area contributed by atoms with Crippen LogP contribution < -0.4 is 5.32 Å². The third kappa shape index (κ3) is 4.70. The van der Waals surface area contributed by atoms with Crippen molar-refractivity contribution in [2.75, 3.05) is 5.32 Å². The maximum Gasteiger partial charge on any atom is 0.166 e. The number of carbonyl (C=O) groups is 2. The van der Waals surface area contributed by atoms with E-state index in [0.29, 0.717) is 24.0 Å². The van der Waals surface area contributed by atoms with E-state index in [9.17, 15) is 9.59 Å². The zero-order chi connectivity index (χ0) is 20.8. The summed E-state index contributed by atoms with van der Waals surface area (Å²) in [5.74, 6) is 0.171. The SMILES string of the molecule is CCCCCC(=O)c1cc2c(Nc3ccccc3)c(C(=O)CC)cnc2cc1C. The van der Waals surface area contributed by atoms with Crippen molar-refractivity contribution >= 4 is 33.8 Å². The Labute approximate surface area is 172 Å². The Kier molecular flexibility index (Phi) is 6.76. The molecule has 0 amide bonds. The fraction of sp³-hybridized carbons (Fsp3) is 0.320. The zero-order valence-electron chi connectivity index (χ0n) is 17.4. The first-order valence-electron chi connectivity index (χ1n) is 10.4. The maximum absolute atomic E-state index is 12.8. The Morgan fingerprint density at radius 2 is 1.72 bits per heavy atom. The summed E-state index contributed by atoms with van der Waals surface area (Å²) in [7, 11) is 0. The number of fused-ring (bicyclic) bond motifs is 1. The summed E-state index contributed by atoms with van der Waals surface area (Å²) in [6.45, 7) is 5.92. The number of anilines is 2. The normalized spacial score (nSPS) is 10.9. The van der Waals surface area contributed by atoms with E-state index >= 15 is 0 Å². The summed E-state index contributed by atoms with van der Waals surface area (Å²) in [6.07, 6.45) is 5.61. The Hall–Kier alpha value is -3.01. The molecule has 1 aromatic heterocycles. The maximum atomic E-state index is 12.8. The number of hydrogen-bond acceptors (Lipinski definition) is 4. The molecule has 29 heavy (non-hydrogen) atoms. The molecule has 1 heterocycles. The fourth-order valence-electron chi connectivity index (χ4n) is 3.52. The molecule has 0 unspecified atom stereocenters. The highest BCUT2D eigenvalue weighted by Gasteiger charge is 2.18. The minimum Gasteiger partial charge on any atom is -0.354 e. The first kappa shape index (κ1) is 20.7. The van der Waals surface area contributed by atoms with Crippen LogP contribution in [0.15, 0.2) is 48.7 Å². The Morgan fingerprint density at radius 1 is 0.966 bits per heavy atom. The van der Waals surface area contributed by atoms with Gasteiger partial charge in [0.25, 0.3) is 0 Å². The van der Waals surface area contributed by atoms with Gasteiger partial charge in [-0.25, -0.2) is 0 Å². The van der Waals surface area contributed by atoms with Crippen molar-refractivity contribution in [1.82, 2.24) is 4.98 Å². The number of nitrogens with zero attached hydrogens (tertiary/aromatic N) is 1. The van der Waals surface area contributed by atoms with Crippen LogP contribution in [0.25, 0.3) is 10.9 Å². The molecular weight excluding hydrogens is 360 g/mol. The number of Topliss-reactive ketones (excluding diaryl/α,β-unsaturated/α-hetero) is 2. The van der Waals surface area contributed by atoms with Gasteiger partial charge in [-0.15, -0.1) is 0 Å². The number of carbonyl (C=O) groups excluding carboxylic acids is 2. The van der Waals surface area contributed by atoms with Crippen molar-refractivity contribution in [3.8, 4) is 0 Å². The average Bonchev–Trinajstić information content (AvgIpc) is 2.73. The molecule has 0 bridgehead atoms. The second-order valence-electron chi connectivity index (χ2n) is 7.38. The van der Waals surface area contributed by atoms with E-state index < -0.39 is 0 Å². The van der Waals surface area contributed by atoms with E-state index in [1.165, 1.54) is 0 Å². The lowest BCUT2D eigenvalue weighted by Gasteiger charge is -2.16. The molecule has 2 aromatic carbocycles. The average molecular weight is 389 g/mol. The lowest BCUT2D eigenvalue weighted by molar-refractivity contribution is 0.0974. The first-order valence-corrected chi connectivity index (χ1v) is 10.4. The first-order chi connectivity index (χ1) is 14.0. The van der Waals surface area contributed by atoms with Crippen molar-refractivity contribution < 1.29 is 9.59 Å². The molecule has 3 aromatic rings. The molecule has 0 spiro atoms. The molecule has 4 nitrogen and oxygen atoms in total. The van der Waals surface area contributed by atoms with Gasteiger partial charge in [0.05, 0.1) is 16.8 Å². The number of unbranched alkanes of at least 4 members (excludes halogenated alkanes) is 2. The molecule has 0 fully saturated rings. The molecule has 3 rings (SSSR count). The zero-order valence-corrected chi connectivity index (χ0v) is 17.4. The van der Waals surface area contributed by atoms with Gasteiger partial charge in [-0.1, -0.05) is 44.9 Å². The minimum absolute atomic E-state index is 0.0224. The van der Waals surface area contributed by atoms with Crippen LogP contribution in [0, 0.1) is 6.92 Å². The Bertz CT molecular complexity index is 1030. The van der Waals surface area contributed by atoms with E-state index in [1.54, 1.807) is 6.20 Å². The third-order valence-electron chi connectivity index (χ3n) is 5.19. The number of nitrogens with one attached hydrogen (secondary N) is 1. The van der Waals surface area contributed by atoms with Gasteiger partial charge in [0.2, 0.25) is 0 Å². The largest absolute Gasteiger partial charge is 0.354 e. The number of ketones is 2. The standard InChI is InChI=1S/C25H28N2O2/c1-4-6-8-13-24(29)19-15-20-22(14-17(19)3)26-16-21(23(28)5-2)25(20)27-18-11-9-7-10-12-18/h7,9-12,14-16H,4-6,8,13H2,1-3H3,(H,26,27). The highest BCUT2D eigenvalue weighted by Crippen LogP contribution is 2.32. The van der Waals surface area contributed by atoms with Crippen molar-refractivity contribution in [2.45, 2.75) is 52.9 Å². The molecule has 0 radical (unpaired) electrons. The molecule has 0 aliphatic carbocycles. The number of pyridine rings is 1. The summed E-state index contributed by atoms with van der Waals surface area (Å²) >= 11 is 0. The van der Waals surface area contributed by atoms with Crippen LogP contribution in [0.2, 0.25) is 0 Å². The molecule has 150 valence electrons. The van der Waals surface area contributed by atoms with Gasteiger partial charge < -0.3 is 5.32 Å². The smallest absolute Gasteiger partial charge is 0.166 e. The molecule has 4 heteroatoms. The van der Waals surface area contributed by atoms with Crippen LogP contribution in [-0.4, -0.2) is 16.6 Å². The van der Waals surface area contributed by atoms with Crippen LogP contribution in [0.4, 0.5) is 11.4 Å². The Balaban J connectivity index is 2.13. The lowest BCUT2D eigenvalue weighted by Crippen LogP contribution is -2.07. The number of aromatic nitrogens is 1. The molecule has 0 aliphatic heterocycles. The van der Waals surface area contributed by atoms with Crippen LogP contribution in [0.3, 0.4) is 0 Å². The molecule has 0 atom stereocenters. The van der Waals surface area contributed by atoms with E-state index in [4.69, 9.17) is 0 Å². The van der Waals surface area contributed by atoms with Crippen molar-refractivity contribution in [2.24, 2.45) is 0 Å². The minimum atomic E-state index is 0.0224. The van der Waals surface area contributed by atoms with Crippen molar-refractivity contribution in [3.05, 3.63) is 65.4 Å². The van der Waals surface area contributed by atoms with E-state index in [0.717, 1.165) is 47.1 Å². The van der Waals surface area contributed by atoms with Gasteiger partial charge in [0, 0.05) is 35.7 Å². The van der Waals surface area contributed by atoms with Gasteiger partial charge in [-0.05, 0) is 43.2 Å². The highest BCUT2D eigenvalue weighted by atomic mass is 16.1. The fourth-order valence-corrected chi connectivity index (χ4v) is 3.52. The summed E-state index contributed by atoms with van der Waals surface area (Å²) < 4.78 is 0. The topological polar surface area (TPSA) is 59.1 Å². The molecule has 0 saturated heterocycles. The summed E-state index contributed by atoms with van der Waals surface area (Å²) in [4.78, 5) is 29.9. The molecule has 0 saturated carbocycles. The quantitative estimate of drug-likeness (QED) is 0.330. The van der Waals surface area contributed by atoms with E-state index in [-0.39, 0.29) is 11.6 Å². The van der Waals surface area contributed by atoms with Crippen molar-refractivity contribution in [3.63, 3.8) is 0 Å². The van der Waals surface area contributed by atoms with Crippen molar-refractivity contribution in [1.29, 1.82) is 0 Å². The lowest BCUT2D eigenvalue weighted by atomic mass is 9.96. The highest BCUT2D eigenvalue weighted by molar-refractivity contribution is 6.11. The third-order valence-corrected chi connectivity index (χ3v) is 5.19. The predicted molar refractivity (Wildman–Crippen MR) is 119 cm³/mol. The number of hydrogen-bond donors (Lipinski definition) is 1. The van der Waals surface area contributed by atoms with Crippen LogP contribution in [0.5, 0.6) is 0 Å². The summed E-state index contributed by atoms with van der Waals surface area (Å²) in [5, 5.41) is 4.20. The molecular formula is C25H28N2O2. The number of rotatable bonds is 9. The Morgan fingerprint density at radius 3 is 2.41 bits per heavy atom. The van der Waals surface area contributed by atoms with Gasteiger partial charge >= 0.3 is 0 Å². The molecule has 0 aliphatic rings. The second kappa shape index (κ2) is 9.46. The van der Waals surface area contributed by atoms with E-state index in [2.05, 4.69) is 17.2 Å². The van der Waals surface area contributed by atoms with E-state index in [1.807, 2.05) is 56.3 Å². The number of para-hydroxylation sites is 1. The van der Waals surface area contributed by atoms with Crippen LogP contribution in [0.1, 0.15) is 72.2 Å². The summed E-state index contributed by atoms with van der Waals surface area (Å²) in [5.41, 5.74) is 4.58. The second-order valence-corrected chi connectivity index (χ2v) is 7.38. The monoisotopic (exact) mass is 388 g/mol. The number of benzene rings is 2. The molecule has 1 N–H and O–H groups in total. The van der Waals surface area contributed by atoms with Gasteiger partial charge in [-0.3, -0.25) is 14.6 Å². The summed E-state index contributed by atoms with van der Waals surface area (Å²) in [6, 6.07) is 13.6. The van der Waals surface area contributed by atoms with Crippen LogP contribution >= 0.6 is 0 Å². The predicted octanol–water partition coefficient (Wildman–Crippen LogP) is 6.64.